The largest absolute Gasteiger partial charge is 0.451 e. The van der Waals surface area contributed by atoms with E-state index in [1.54, 1.807) is 6.92 Å². The quantitative estimate of drug-likeness (QED) is 0.743. The lowest BCUT2D eigenvalue weighted by atomic mass is 9.88. The Morgan fingerprint density at radius 1 is 1.28 bits per heavy atom. The molecule has 1 aliphatic heterocycles. The van der Waals surface area contributed by atoms with Crippen molar-refractivity contribution < 1.29 is 19.7 Å². The lowest BCUT2D eigenvalue weighted by Gasteiger charge is -2.18. The van der Waals surface area contributed by atoms with Gasteiger partial charge in [0.05, 0.1) is 0 Å². The number of nitrogens with one attached hydrogen (secondary N) is 2. The first kappa shape index (κ1) is 15.6. The third-order valence-electron chi connectivity index (χ3n) is 4.86. The maximum atomic E-state index is 13.0. The second-order valence-corrected chi connectivity index (χ2v) is 6.83. The molecule has 0 bridgehead atoms. The summed E-state index contributed by atoms with van der Waals surface area (Å²) in [6.07, 6.45) is 1.95. The number of hydrogen-bond donors (Lipinski definition) is 3. The fourth-order valence-electron chi connectivity index (χ4n) is 3.35. The predicted octanol–water partition coefficient (Wildman–Crippen LogP) is 0.170. The van der Waals surface area contributed by atoms with E-state index in [4.69, 9.17) is 0 Å². The molecule has 1 saturated carbocycles. The van der Waals surface area contributed by atoms with Crippen LogP contribution in [-0.4, -0.2) is 40.4 Å². The van der Waals surface area contributed by atoms with Crippen molar-refractivity contribution in [3.63, 3.8) is 0 Å². The summed E-state index contributed by atoms with van der Waals surface area (Å²) in [5.74, 6) is -0.598. The van der Waals surface area contributed by atoms with Gasteiger partial charge < -0.3 is 10.4 Å². The number of rotatable bonds is 4. The molecule has 1 atom stereocenters. The molecule has 3 N–H and O–H groups in total. The summed E-state index contributed by atoms with van der Waals surface area (Å²) in [7, 11) is 0. The van der Waals surface area contributed by atoms with E-state index in [2.05, 4.69) is 10.3 Å². The SMILES string of the molecule is CC1(c2cccc3ccccc23)[NH+]=C(O)N(CC(=O)NC2CC2)C1=O. The number of amidine groups is 1. The monoisotopic (exact) mass is 338 g/mol. The summed E-state index contributed by atoms with van der Waals surface area (Å²) in [5.41, 5.74) is -0.350. The highest BCUT2D eigenvalue weighted by Crippen LogP contribution is 2.29. The number of carbonyl (C=O) groups excluding carboxylic acids is 2. The average Bonchev–Trinajstić information content (AvgIpc) is 3.38. The van der Waals surface area contributed by atoms with Crippen LogP contribution in [0.25, 0.3) is 10.8 Å². The zero-order chi connectivity index (χ0) is 17.6. The molecule has 4 rings (SSSR count). The second-order valence-electron chi connectivity index (χ2n) is 6.83. The third kappa shape index (κ3) is 2.63. The minimum absolute atomic E-state index is 0.186. The van der Waals surface area contributed by atoms with Gasteiger partial charge in [-0.1, -0.05) is 42.5 Å². The summed E-state index contributed by atoms with van der Waals surface area (Å²) in [5, 5.41) is 15.0. The lowest BCUT2D eigenvalue weighted by molar-refractivity contribution is -0.539. The van der Waals surface area contributed by atoms with Crippen molar-refractivity contribution in [2.45, 2.75) is 31.3 Å². The number of amides is 2. The molecular weight excluding hydrogens is 318 g/mol. The summed E-state index contributed by atoms with van der Waals surface area (Å²) in [6.45, 7) is 1.54. The van der Waals surface area contributed by atoms with Gasteiger partial charge in [-0.25, -0.2) is 9.79 Å². The smallest absolute Gasteiger partial charge is 0.447 e. The van der Waals surface area contributed by atoms with Gasteiger partial charge in [0, 0.05) is 11.6 Å². The number of benzene rings is 2. The maximum Gasteiger partial charge on any atom is 0.451 e. The van der Waals surface area contributed by atoms with Crippen molar-refractivity contribution in [2.75, 3.05) is 6.54 Å². The van der Waals surface area contributed by atoms with Gasteiger partial charge in [0.15, 0.2) is 6.54 Å². The third-order valence-corrected chi connectivity index (χ3v) is 4.86. The number of nitrogens with zero attached hydrogens (tertiary/aromatic N) is 1. The van der Waals surface area contributed by atoms with Gasteiger partial charge in [0.1, 0.15) is 0 Å². The number of carbonyl (C=O) groups is 2. The summed E-state index contributed by atoms with van der Waals surface area (Å²) >= 11 is 0. The number of aliphatic hydroxyl groups is 1. The van der Waals surface area contributed by atoms with E-state index < -0.39 is 5.54 Å². The minimum atomic E-state index is -1.12. The molecule has 0 saturated heterocycles. The van der Waals surface area contributed by atoms with Crippen LogP contribution in [0.1, 0.15) is 25.3 Å². The van der Waals surface area contributed by atoms with Crippen LogP contribution in [0.15, 0.2) is 42.5 Å². The fourth-order valence-corrected chi connectivity index (χ4v) is 3.35. The molecule has 1 fully saturated rings. The Morgan fingerprint density at radius 2 is 2.00 bits per heavy atom. The van der Waals surface area contributed by atoms with Crippen LogP contribution in [0.2, 0.25) is 0 Å². The first-order valence-electron chi connectivity index (χ1n) is 8.43. The first-order valence-corrected chi connectivity index (χ1v) is 8.43. The Bertz CT molecular complexity index is 898. The highest BCUT2D eigenvalue weighted by molar-refractivity contribution is 6.04. The van der Waals surface area contributed by atoms with Gasteiger partial charge in [-0.2, -0.15) is 0 Å². The molecule has 2 aromatic rings. The molecule has 2 amide bonds. The Kier molecular flexibility index (Phi) is 3.49. The molecule has 25 heavy (non-hydrogen) atoms. The van der Waals surface area contributed by atoms with Crippen LogP contribution in [0.3, 0.4) is 0 Å². The van der Waals surface area contributed by atoms with Crippen molar-refractivity contribution in [1.29, 1.82) is 0 Å². The topological polar surface area (TPSA) is 83.6 Å². The summed E-state index contributed by atoms with van der Waals surface area (Å²) < 4.78 is 0. The number of aliphatic hydroxyl groups excluding tert-OH is 1. The van der Waals surface area contributed by atoms with E-state index in [-0.39, 0.29) is 30.4 Å². The molecule has 1 heterocycles. The molecule has 1 unspecified atom stereocenters. The number of hydrogen-bond acceptors (Lipinski definition) is 2. The summed E-state index contributed by atoms with van der Waals surface area (Å²) in [6, 6.07) is 13.4. The van der Waals surface area contributed by atoms with Crippen molar-refractivity contribution in [2.24, 2.45) is 0 Å². The Balaban J connectivity index is 1.67. The van der Waals surface area contributed by atoms with E-state index in [9.17, 15) is 14.7 Å². The Hall–Kier alpha value is -2.89. The molecule has 0 radical (unpaired) electrons. The van der Waals surface area contributed by atoms with Crippen molar-refractivity contribution >= 4 is 28.6 Å². The summed E-state index contributed by atoms with van der Waals surface area (Å²) in [4.78, 5) is 29.1. The zero-order valence-electron chi connectivity index (χ0n) is 14.0. The van der Waals surface area contributed by atoms with Gasteiger partial charge in [0.2, 0.25) is 5.54 Å². The van der Waals surface area contributed by atoms with Gasteiger partial charge in [-0.15, -0.1) is 4.90 Å². The van der Waals surface area contributed by atoms with Crippen LogP contribution in [0, 0.1) is 0 Å². The van der Waals surface area contributed by atoms with E-state index >= 15 is 0 Å². The normalized spacial score (nSPS) is 23.0. The standard InChI is InChI=1S/C19H19N3O3/c1-19(15-8-4-6-12-5-2-3-7-14(12)15)17(24)22(18(25)21-19)11-16(23)20-13-9-10-13/h2-8,13H,9-11H2,1H3,(H,20,23)(H,21,25)/p+1. The molecule has 0 aromatic heterocycles. The van der Waals surface area contributed by atoms with Crippen LogP contribution >= 0.6 is 0 Å². The molecule has 6 nitrogen and oxygen atoms in total. The van der Waals surface area contributed by atoms with Gasteiger partial charge in [0.25, 0.3) is 5.91 Å². The molecule has 128 valence electrons. The van der Waals surface area contributed by atoms with E-state index in [0.717, 1.165) is 34.1 Å². The molecule has 6 heteroatoms. The maximum absolute atomic E-state index is 13.0. The van der Waals surface area contributed by atoms with E-state index in [0.29, 0.717) is 0 Å². The van der Waals surface area contributed by atoms with Crippen LogP contribution in [-0.2, 0) is 15.1 Å². The molecule has 2 aromatic carbocycles. The highest BCUT2D eigenvalue weighted by Gasteiger charge is 2.54. The van der Waals surface area contributed by atoms with Crippen LogP contribution < -0.4 is 10.3 Å². The van der Waals surface area contributed by atoms with Crippen molar-refractivity contribution in [3.05, 3.63) is 48.0 Å². The van der Waals surface area contributed by atoms with Gasteiger partial charge >= 0.3 is 11.9 Å². The Labute approximate surface area is 145 Å². The fraction of sp³-hybridized carbons (Fsp3) is 0.316. The molecule has 2 aliphatic rings. The molecular formula is C19H20N3O3+. The van der Waals surface area contributed by atoms with Crippen molar-refractivity contribution in [1.82, 2.24) is 10.2 Å². The van der Waals surface area contributed by atoms with Gasteiger partial charge in [-0.05, 0) is 30.5 Å². The predicted molar refractivity (Wildman–Crippen MR) is 92.8 cm³/mol. The van der Waals surface area contributed by atoms with Crippen molar-refractivity contribution in [3.8, 4) is 0 Å². The average molecular weight is 338 g/mol. The minimum Gasteiger partial charge on any atom is -0.447 e. The van der Waals surface area contributed by atoms with Gasteiger partial charge in [-0.3, -0.25) is 4.79 Å². The second kappa shape index (κ2) is 5.58. The van der Waals surface area contributed by atoms with E-state index in [1.165, 1.54) is 0 Å². The van der Waals surface area contributed by atoms with Crippen LogP contribution in [0.5, 0.6) is 0 Å². The highest BCUT2D eigenvalue weighted by atomic mass is 16.3. The number of fused-ring (bicyclic) bond motifs is 1. The molecule has 0 spiro atoms. The molecule has 1 aliphatic carbocycles. The lowest BCUT2D eigenvalue weighted by Crippen LogP contribution is -2.82. The first-order chi connectivity index (χ1) is 12.0. The zero-order valence-corrected chi connectivity index (χ0v) is 14.0. The van der Waals surface area contributed by atoms with Crippen LogP contribution in [0.4, 0.5) is 0 Å². The Morgan fingerprint density at radius 3 is 2.76 bits per heavy atom. The van der Waals surface area contributed by atoms with E-state index in [1.807, 2.05) is 42.5 Å².